The number of hydrogen-bond acceptors (Lipinski definition) is 4. The van der Waals surface area contributed by atoms with Crippen molar-refractivity contribution >= 4 is 5.91 Å². The number of hydrogen-bond donors (Lipinski definition) is 2. The minimum Gasteiger partial charge on any atom is -0.497 e. The van der Waals surface area contributed by atoms with Gasteiger partial charge in [-0.25, -0.2) is 4.98 Å². The van der Waals surface area contributed by atoms with Crippen LogP contribution in [0.5, 0.6) is 5.75 Å². The molecule has 1 aliphatic rings. The Bertz CT molecular complexity index is 1080. The van der Waals surface area contributed by atoms with Crippen molar-refractivity contribution in [3.05, 3.63) is 81.3 Å². The molecular formula is C21H22N4O3. The van der Waals surface area contributed by atoms with Gasteiger partial charge in [-0.05, 0) is 48.6 Å². The number of carbonyl (C=O) groups is 1. The molecule has 1 amide bonds. The molecule has 3 aromatic rings. The van der Waals surface area contributed by atoms with Crippen LogP contribution in [-0.4, -0.2) is 27.6 Å². The van der Waals surface area contributed by atoms with Gasteiger partial charge >= 0.3 is 0 Å². The van der Waals surface area contributed by atoms with Gasteiger partial charge < -0.3 is 19.6 Å². The number of ether oxygens (including phenoxy) is 1. The Labute approximate surface area is 162 Å². The molecule has 28 heavy (non-hydrogen) atoms. The van der Waals surface area contributed by atoms with Crippen molar-refractivity contribution in [3.8, 4) is 5.75 Å². The first-order valence-electron chi connectivity index (χ1n) is 9.24. The van der Waals surface area contributed by atoms with E-state index in [2.05, 4.69) is 15.3 Å². The van der Waals surface area contributed by atoms with Gasteiger partial charge in [-0.2, -0.15) is 0 Å². The highest BCUT2D eigenvalue weighted by Crippen LogP contribution is 2.25. The van der Waals surface area contributed by atoms with Gasteiger partial charge in [0.25, 0.3) is 11.5 Å². The molecule has 1 unspecified atom stereocenters. The number of rotatable bonds is 5. The van der Waals surface area contributed by atoms with E-state index in [0.717, 1.165) is 36.1 Å². The molecule has 0 saturated heterocycles. The molecule has 0 aliphatic heterocycles. The number of methoxy groups -OCH3 is 1. The molecular weight excluding hydrogens is 356 g/mol. The number of pyridine rings is 1. The largest absolute Gasteiger partial charge is 0.497 e. The number of imidazole rings is 1. The summed E-state index contributed by atoms with van der Waals surface area (Å²) >= 11 is 0. The summed E-state index contributed by atoms with van der Waals surface area (Å²) < 4.78 is 7.16. The second-order valence-corrected chi connectivity index (χ2v) is 6.95. The first-order valence-corrected chi connectivity index (χ1v) is 9.24. The van der Waals surface area contributed by atoms with Gasteiger partial charge in [-0.15, -0.1) is 0 Å². The minimum absolute atomic E-state index is 0.128. The lowest BCUT2D eigenvalue weighted by molar-refractivity contribution is 0.0939. The maximum absolute atomic E-state index is 13.0. The summed E-state index contributed by atoms with van der Waals surface area (Å²) in [6.07, 6.45) is 6.22. The van der Waals surface area contributed by atoms with Crippen molar-refractivity contribution in [1.29, 1.82) is 0 Å². The van der Waals surface area contributed by atoms with Crippen LogP contribution in [0.4, 0.5) is 0 Å². The molecule has 2 aromatic heterocycles. The lowest BCUT2D eigenvalue weighted by Crippen LogP contribution is -2.35. The maximum atomic E-state index is 13.0. The highest BCUT2D eigenvalue weighted by Gasteiger charge is 2.24. The van der Waals surface area contributed by atoms with Gasteiger partial charge in [0.1, 0.15) is 23.2 Å². The van der Waals surface area contributed by atoms with Crippen LogP contribution in [0.25, 0.3) is 0 Å². The van der Waals surface area contributed by atoms with Gasteiger partial charge in [0.15, 0.2) is 0 Å². The van der Waals surface area contributed by atoms with Crippen molar-refractivity contribution in [1.82, 2.24) is 19.9 Å². The number of benzene rings is 1. The normalized spacial score (nSPS) is 13.8. The molecule has 144 valence electrons. The summed E-state index contributed by atoms with van der Waals surface area (Å²) in [5.41, 5.74) is 2.57. The smallest absolute Gasteiger partial charge is 0.261 e. The van der Waals surface area contributed by atoms with Gasteiger partial charge in [0.05, 0.1) is 7.11 Å². The van der Waals surface area contributed by atoms with Crippen molar-refractivity contribution in [3.63, 3.8) is 0 Å². The number of nitrogens with one attached hydrogen (secondary N) is 2. The molecule has 2 heterocycles. The van der Waals surface area contributed by atoms with E-state index in [1.54, 1.807) is 19.4 Å². The summed E-state index contributed by atoms with van der Waals surface area (Å²) in [4.78, 5) is 32.7. The van der Waals surface area contributed by atoms with Gasteiger partial charge in [-0.3, -0.25) is 9.59 Å². The van der Waals surface area contributed by atoms with Crippen LogP contribution in [0.3, 0.4) is 0 Å². The Morgan fingerprint density at radius 2 is 2.18 bits per heavy atom. The Morgan fingerprint density at radius 1 is 1.32 bits per heavy atom. The molecule has 0 spiro atoms. The van der Waals surface area contributed by atoms with Crippen LogP contribution in [0.2, 0.25) is 0 Å². The van der Waals surface area contributed by atoms with Crippen LogP contribution in [-0.2, 0) is 19.9 Å². The second-order valence-electron chi connectivity index (χ2n) is 6.95. The first kappa shape index (κ1) is 18.0. The zero-order valence-corrected chi connectivity index (χ0v) is 15.9. The molecule has 7 heteroatoms. The fourth-order valence-corrected chi connectivity index (χ4v) is 3.66. The fraction of sp³-hybridized carbons (Fsp3) is 0.286. The van der Waals surface area contributed by atoms with Crippen molar-refractivity contribution in [2.75, 3.05) is 7.11 Å². The SMILES string of the molecule is COc1cccc(C(NC(=O)c2cc3c([nH]c2=O)CCC3)c2nccn2C)c1. The summed E-state index contributed by atoms with van der Waals surface area (Å²) in [6, 6.07) is 8.65. The van der Waals surface area contributed by atoms with E-state index < -0.39 is 11.9 Å². The van der Waals surface area contributed by atoms with E-state index in [4.69, 9.17) is 4.74 Å². The number of H-pyrrole nitrogens is 1. The summed E-state index contributed by atoms with van der Waals surface area (Å²) in [6.45, 7) is 0. The van der Waals surface area contributed by atoms with Crippen LogP contribution < -0.4 is 15.6 Å². The quantitative estimate of drug-likeness (QED) is 0.712. The van der Waals surface area contributed by atoms with E-state index in [0.29, 0.717) is 11.6 Å². The number of nitrogens with zero attached hydrogens (tertiary/aromatic N) is 2. The van der Waals surface area contributed by atoms with Crippen LogP contribution in [0, 0.1) is 0 Å². The van der Waals surface area contributed by atoms with Crippen molar-refractivity contribution in [2.24, 2.45) is 7.05 Å². The molecule has 0 bridgehead atoms. The Hall–Kier alpha value is -3.35. The third-order valence-electron chi connectivity index (χ3n) is 5.15. The number of fused-ring (bicyclic) bond motifs is 1. The lowest BCUT2D eigenvalue weighted by Gasteiger charge is -2.20. The van der Waals surface area contributed by atoms with Crippen LogP contribution in [0.1, 0.15) is 45.5 Å². The Morgan fingerprint density at radius 3 is 2.93 bits per heavy atom. The summed E-state index contributed by atoms with van der Waals surface area (Å²) in [5, 5.41) is 2.98. The third kappa shape index (κ3) is 3.31. The van der Waals surface area contributed by atoms with Crippen molar-refractivity contribution < 1.29 is 9.53 Å². The monoisotopic (exact) mass is 378 g/mol. The number of carbonyl (C=O) groups excluding carboxylic acids is 1. The topological polar surface area (TPSA) is 89.0 Å². The van der Waals surface area contributed by atoms with E-state index in [-0.39, 0.29) is 11.1 Å². The lowest BCUT2D eigenvalue weighted by atomic mass is 10.0. The fourth-order valence-electron chi connectivity index (χ4n) is 3.66. The van der Waals surface area contributed by atoms with E-state index in [1.165, 1.54) is 0 Å². The molecule has 1 aromatic carbocycles. The molecule has 0 saturated carbocycles. The van der Waals surface area contributed by atoms with Crippen LogP contribution in [0.15, 0.2) is 47.5 Å². The van der Waals surface area contributed by atoms with Gasteiger partial charge in [0, 0.05) is 25.1 Å². The predicted molar refractivity (Wildman–Crippen MR) is 105 cm³/mol. The van der Waals surface area contributed by atoms with E-state index in [9.17, 15) is 9.59 Å². The molecule has 0 radical (unpaired) electrons. The minimum atomic E-state index is -0.518. The molecule has 7 nitrogen and oxygen atoms in total. The average Bonchev–Trinajstić information content (AvgIpc) is 3.33. The zero-order valence-electron chi connectivity index (χ0n) is 15.9. The molecule has 4 rings (SSSR count). The van der Waals surface area contributed by atoms with Gasteiger partial charge in [0.2, 0.25) is 0 Å². The first-order chi connectivity index (χ1) is 13.6. The Kier molecular flexibility index (Phi) is 4.73. The molecule has 2 N–H and O–H groups in total. The summed E-state index contributed by atoms with van der Waals surface area (Å²) in [7, 11) is 3.46. The zero-order chi connectivity index (χ0) is 19.7. The standard InChI is InChI=1S/C21H22N4O3/c1-25-10-9-22-19(25)18(14-6-3-7-15(11-14)28-2)24-21(27)16-12-13-5-4-8-17(13)23-20(16)26/h3,6-7,9-12,18H,4-5,8H2,1-2H3,(H,23,26)(H,24,27). The summed E-state index contributed by atoms with van der Waals surface area (Å²) in [5.74, 6) is 0.923. The highest BCUT2D eigenvalue weighted by molar-refractivity contribution is 5.94. The van der Waals surface area contributed by atoms with E-state index >= 15 is 0 Å². The molecule has 1 atom stereocenters. The number of aromatic nitrogens is 3. The second kappa shape index (κ2) is 7.34. The average molecular weight is 378 g/mol. The number of amides is 1. The Balaban J connectivity index is 1.71. The maximum Gasteiger partial charge on any atom is 0.261 e. The highest BCUT2D eigenvalue weighted by atomic mass is 16.5. The molecule has 1 aliphatic carbocycles. The van der Waals surface area contributed by atoms with E-state index in [1.807, 2.05) is 42.1 Å². The molecule has 0 fully saturated rings. The number of aryl methyl sites for hydroxylation is 3. The van der Waals surface area contributed by atoms with Gasteiger partial charge in [-0.1, -0.05) is 12.1 Å². The number of aromatic amines is 1. The van der Waals surface area contributed by atoms with Crippen molar-refractivity contribution in [2.45, 2.75) is 25.3 Å². The van der Waals surface area contributed by atoms with Crippen LogP contribution >= 0.6 is 0 Å². The third-order valence-corrected chi connectivity index (χ3v) is 5.15. The predicted octanol–water partition coefficient (Wildman–Crippen LogP) is 2.13.